The number of anilines is 1. The monoisotopic (exact) mass is 291 g/mol. The molecule has 0 aliphatic carbocycles. The van der Waals surface area contributed by atoms with Gasteiger partial charge in [-0.2, -0.15) is 0 Å². The van der Waals surface area contributed by atoms with Crippen molar-refractivity contribution in [2.75, 3.05) is 11.4 Å². The zero-order chi connectivity index (χ0) is 15.8. The summed E-state index contributed by atoms with van der Waals surface area (Å²) in [5, 5.41) is 9.67. The van der Waals surface area contributed by atoms with Crippen LogP contribution in [0.15, 0.2) is 6.07 Å². The second-order valence-electron chi connectivity index (χ2n) is 6.91. The Morgan fingerprint density at radius 2 is 2.10 bits per heavy atom. The number of aromatic nitrogens is 2. The molecule has 1 aliphatic rings. The molecule has 1 atom stereocenters. The molecule has 5 nitrogen and oxygen atoms in total. The van der Waals surface area contributed by atoms with Gasteiger partial charge in [-0.05, 0) is 25.2 Å². The van der Waals surface area contributed by atoms with E-state index in [1.807, 2.05) is 45.6 Å². The highest BCUT2D eigenvalue weighted by atomic mass is 16.4. The van der Waals surface area contributed by atoms with Crippen molar-refractivity contribution >= 4 is 11.8 Å². The molecule has 0 radical (unpaired) electrons. The van der Waals surface area contributed by atoms with Crippen LogP contribution in [0.3, 0.4) is 0 Å². The topological polar surface area (TPSA) is 66.3 Å². The number of rotatable bonds is 3. The summed E-state index contributed by atoms with van der Waals surface area (Å²) < 4.78 is 0. The van der Waals surface area contributed by atoms with Crippen LogP contribution >= 0.6 is 0 Å². The van der Waals surface area contributed by atoms with E-state index in [4.69, 9.17) is 0 Å². The summed E-state index contributed by atoms with van der Waals surface area (Å²) in [6.07, 6.45) is 1.90. The standard InChI is InChI=1S/C16H25N3O2/c1-10(2)14-17-11(3)9-12(18-14)19-8-6-7-16(4,5)13(19)15(20)21/h9-10,13H,6-8H2,1-5H3,(H,20,21). The Hall–Kier alpha value is -1.65. The summed E-state index contributed by atoms with van der Waals surface area (Å²) in [6.45, 7) is 10.8. The number of hydrogen-bond donors (Lipinski definition) is 1. The minimum atomic E-state index is -0.776. The first-order valence-corrected chi connectivity index (χ1v) is 7.57. The molecule has 0 saturated carbocycles. The Morgan fingerprint density at radius 1 is 1.43 bits per heavy atom. The van der Waals surface area contributed by atoms with Gasteiger partial charge in [-0.15, -0.1) is 0 Å². The van der Waals surface area contributed by atoms with Crippen molar-refractivity contribution < 1.29 is 9.90 Å². The molecular weight excluding hydrogens is 266 g/mol. The average molecular weight is 291 g/mol. The first kappa shape index (κ1) is 15.7. The number of aryl methyl sites for hydroxylation is 1. The normalized spacial score (nSPS) is 21.6. The lowest BCUT2D eigenvalue weighted by Crippen LogP contribution is -2.54. The molecule has 1 aromatic heterocycles. The highest BCUT2D eigenvalue weighted by molar-refractivity contribution is 5.79. The first-order valence-electron chi connectivity index (χ1n) is 7.57. The molecule has 1 aliphatic heterocycles. The van der Waals surface area contributed by atoms with Crippen molar-refractivity contribution in [1.82, 2.24) is 9.97 Å². The lowest BCUT2D eigenvalue weighted by molar-refractivity contribution is -0.142. The van der Waals surface area contributed by atoms with Crippen LogP contribution in [0, 0.1) is 12.3 Å². The van der Waals surface area contributed by atoms with E-state index >= 15 is 0 Å². The van der Waals surface area contributed by atoms with Crippen LogP contribution in [-0.2, 0) is 4.79 Å². The minimum Gasteiger partial charge on any atom is -0.480 e. The summed E-state index contributed by atoms with van der Waals surface area (Å²) in [5.74, 6) is 0.968. The third-order valence-corrected chi connectivity index (χ3v) is 4.17. The maximum absolute atomic E-state index is 11.8. The van der Waals surface area contributed by atoms with E-state index in [2.05, 4.69) is 9.97 Å². The van der Waals surface area contributed by atoms with E-state index in [9.17, 15) is 9.90 Å². The fourth-order valence-corrected chi connectivity index (χ4v) is 3.09. The van der Waals surface area contributed by atoms with Crippen molar-refractivity contribution in [2.24, 2.45) is 5.41 Å². The number of carboxylic acids is 1. The third kappa shape index (κ3) is 3.17. The highest BCUT2D eigenvalue weighted by Crippen LogP contribution is 2.37. The molecule has 21 heavy (non-hydrogen) atoms. The Labute approximate surface area is 126 Å². The fraction of sp³-hybridized carbons (Fsp3) is 0.688. The maximum Gasteiger partial charge on any atom is 0.326 e. The first-order chi connectivity index (χ1) is 9.72. The number of hydrogen-bond acceptors (Lipinski definition) is 4. The van der Waals surface area contributed by atoms with Crippen molar-refractivity contribution in [3.8, 4) is 0 Å². The predicted molar refractivity (Wildman–Crippen MR) is 82.6 cm³/mol. The second kappa shape index (κ2) is 5.62. The Balaban J connectivity index is 2.45. The van der Waals surface area contributed by atoms with Gasteiger partial charge < -0.3 is 10.0 Å². The number of piperidine rings is 1. The van der Waals surface area contributed by atoms with Crippen molar-refractivity contribution in [2.45, 2.75) is 59.4 Å². The second-order valence-corrected chi connectivity index (χ2v) is 6.91. The van der Waals surface area contributed by atoms with Gasteiger partial charge in [0.2, 0.25) is 0 Å². The molecule has 5 heteroatoms. The van der Waals surface area contributed by atoms with Gasteiger partial charge in [0.05, 0.1) is 0 Å². The van der Waals surface area contributed by atoms with Crippen LogP contribution in [0.2, 0.25) is 0 Å². The summed E-state index contributed by atoms with van der Waals surface area (Å²) in [5.41, 5.74) is 0.622. The fourth-order valence-electron chi connectivity index (χ4n) is 3.09. The van der Waals surface area contributed by atoms with Crippen molar-refractivity contribution in [3.63, 3.8) is 0 Å². The van der Waals surface area contributed by atoms with Gasteiger partial charge in [-0.25, -0.2) is 14.8 Å². The molecule has 1 unspecified atom stereocenters. The lowest BCUT2D eigenvalue weighted by atomic mass is 9.76. The molecule has 1 fully saturated rings. The molecular formula is C16H25N3O2. The van der Waals surface area contributed by atoms with Gasteiger partial charge >= 0.3 is 5.97 Å². The summed E-state index contributed by atoms with van der Waals surface area (Å²) >= 11 is 0. The van der Waals surface area contributed by atoms with Crippen LogP contribution in [0.5, 0.6) is 0 Å². The third-order valence-electron chi connectivity index (χ3n) is 4.17. The molecule has 0 bridgehead atoms. The zero-order valence-corrected chi connectivity index (χ0v) is 13.6. The van der Waals surface area contributed by atoms with Crippen LogP contribution in [0.4, 0.5) is 5.82 Å². The van der Waals surface area contributed by atoms with Crippen LogP contribution in [0.1, 0.15) is 58.0 Å². The highest BCUT2D eigenvalue weighted by Gasteiger charge is 2.43. The number of aliphatic carboxylic acids is 1. The van der Waals surface area contributed by atoms with E-state index < -0.39 is 12.0 Å². The van der Waals surface area contributed by atoms with E-state index in [1.54, 1.807) is 0 Å². The Bertz CT molecular complexity index is 540. The minimum absolute atomic E-state index is 0.227. The maximum atomic E-state index is 11.8. The van der Waals surface area contributed by atoms with Crippen LogP contribution in [0.25, 0.3) is 0 Å². The van der Waals surface area contributed by atoms with Gasteiger partial charge in [0, 0.05) is 24.2 Å². The van der Waals surface area contributed by atoms with Gasteiger partial charge in [0.25, 0.3) is 0 Å². The molecule has 1 saturated heterocycles. The molecule has 1 aromatic rings. The largest absolute Gasteiger partial charge is 0.480 e. The average Bonchev–Trinajstić information content (AvgIpc) is 2.35. The SMILES string of the molecule is Cc1cc(N2CCCC(C)(C)C2C(=O)O)nc(C(C)C)n1. The molecule has 116 valence electrons. The van der Waals surface area contributed by atoms with Crippen molar-refractivity contribution in [1.29, 1.82) is 0 Å². The van der Waals surface area contributed by atoms with Crippen LogP contribution in [-0.4, -0.2) is 33.6 Å². The van der Waals surface area contributed by atoms with Gasteiger partial charge in [-0.3, -0.25) is 0 Å². The van der Waals surface area contributed by atoms with E-state index in [0.29, 0.717) is 0 Å². The van der Waals surface area contributed by atoms with Crippen molar-refractivity contribution in [3.05, 3.63) is 17.6 Å². The molecule has 0 amide bonds. The molecule has 0 aromatic carbocycles. The number of nitrogens with zero attached hydrogens (tertiary/aromatic N) is 3. The van der Waals surface area contributed by atoms with E-state index in [0.717, 1.165) is 36.7 Å². The van der Waals surface area contributed by atoms with Gasteiger partial charge in [-0.1, -0.05) is 27.7 Å². The number of carboxylic acid groups (broad SMARTS) is 1. The number of carbonyl (C=O) groups is 1. The molecule has 2 rings (SSSR count). The summed E-state index contributed by atoms with van der Waals surface area (Å²) in [7, 11) is 0. The Morgan fingerprint density at radius 3 is 2.67 bits per heavy atom. The smallest absolute Gasteiger partial charge is 0.326 e. The molecule has 1 N–H and O–H groups in total. The van der Waals surface area contributed by atoms with Crippen LogP contribution < -0.4 is 4.90 Å². The Kier molecular flexibility index (Phi) is 4.21. The van der Waals surface area contributed by atoms with Gasteiger partial charge in [0.1, 0.15) is 17.7 Å². The summed E-state index contributed by atoms with van der Waals surface area (Å²) in [4.78, 5) is 22.8. The lowest BCUT2D eigenvalue weighted by Gasteiger charge is -2.44. The predicted octanol–water partition coefficient (Wildman–Crippen LogP) is 2.99. The van der Waals surface area contributed by atoms with Gasteiger partial charge in [0.15, 0.2) is 0 Å². The quantitative estimate of drug-likeness (QED) is 0.927. The summed E-state index contributed by atoms with van der Waals surface area (Å²) in [6, 6.07) is 1.35. The zero-order valence-electron chi connectivity index (χ0n) is 13.6. The van der Waals surface area contributed by atoms with E-state index in [1.165, 1.54) is 0 Å². The van der Waals surface area contributed by atoms with E-state index in [-0.39, 0.29) is 11.3 Å². The molecule has 2 heterocycles. The molecule has 0 spiro atoms.